The van der Waals surface area contributed by atoms with Crippen LogP contribution in [0.2, 0.25) is 0 Å². The fraction of sp³-hybridized carbons (Fsp3) is 0.0714. The van der Waals surface area contributed by atoms with Gasteiger partial charge < -0.3 is 11.1 Å². The molecule has 0 aliphatic rings. The maximum absolute atomic E-state index is 11.9. The number of carbonyl (C=O) groups excluding carboxylic acids is 2. The lowest BCUT2D eigenvalue weighted by molar-refractivity contribution is 0.0948. The van der Waals surface area contributed by atoms with E-state index in [2.05, 4.69) is 5.32 Å². The molecule has 2 aromatic rings. The summed E-state index contributed by atoms with van der Waals surface area (Å²) in [4.78, 5) is 23.3. The first-order valence-electron chi connectivity index (χ1n) is 5.72. The highest BCUT2D eigenvalue weighted by Gasteiger charge is 2.16. The van der Waals surface area contributed by atoms with Crippen LogP contribution in [0.5, 0.6) is 0 Å². The summed E-state index contributed by atoms with van der Waals surface area (Å²) in [6.07, 6.45) is 0.629. The summed E-state index contributed by atoms with van der Waals surface area (Å²) in [7, 11) is 0. The number of carbonyl (C=O) groups is 2. The van der Waals surface area contributed by atoms with Crippen LogP contribution in [-0.2, 0) is 6.42 Å². The molecule has 0 aliphatic carbocycles. The minimum atomic E-state index is -0.588. The van der Waals surface area contributed by atoms with Gasteiger partial charge in [0.05, 0.1) is 12.1 Å². The number of hydrogen-bond acceptors (Lipinski definition) is 3. The molecule has 0 atom stereocenters. The normalized spacial score (nSPS) is 10.1. The number of rotatable bonds is 5. The van der Waals surface area contributed by atoms with Gasteiger partial charge in [0.15, 0.2) is 0 Å². The maximum Gasteiger partial charge on any atom is 0.262 e. The number of nitrogens with two attached hydrogens (primary N) is 1. The number of hydrogen-bond donors (Lipinski definition) is 2. The van der Waals surface area contributed by atoms with E-state index in [1.807, 2.05) is 30.3 Å². The SMILES string of the molecule is NC(=O)c1ccsc1C(=O)N[CH]Cc1ccccc1. The van der Waals surface area contributed by atoms with E-state index in [4.69, 9.17) is 5.73 Å². The van der Waals surface area contributed by atoms with Gasteiger partial charge in [0.25, 0.3) is 5.91 Å². The molecule has 0 aliphatic heterocycles. The van der Waals surface area contributed by atoms with Crippen LogP contribution >= 0.6 is 11.3 Å². The monoisotopic (exact) mass is 273 g/mol. The highest BCUT2D eigenvalue weighted by atomic mass is 32.1. The smallest absolute Gasteiger partial charge is 0.262 e. The molecule has 1 radical (unpaired) electrons. The van der Waals surface area contributed by atoms with Gasteiger partial charge in [0.2, 0.25) is 5.91 Å². The first kappa shape index (κ1) is 13.3. The molecule has 1 aromatic carbocycles. The average Bonchev–Trinajstić information content (AvgIpc) is 2.89. The molecule has 0 saturated heterocycles. The van der Waals surface area contributed by atoms with E-state index in [9.17, 15) is 9.59 Å². The zero-order chi connectivity index (χ0) is 13.7. The molecule has 1 heterocycles. The van der Waals surface area contributed by atoms with Crippen molar-refractivity contribution in [3.8, 4) is 0 Å². The summed E-state index contributed by atoms with van der Waals surface area (Å²) >= 11 is 1.20. The van der Waals surface area contributed by atoms with Crippen LogP contribution in [0, 0.1) is 6.54 Å². The summed E-state index contributed by atoms with van der Waals surface area (Å²) in [5, 5.41) is 4.34. The molecular formula is C14H13N2O2S. The Balaban J connectivity index is 1.91. The van der Waals surface area contributed by atoms with E-state index >= 15 is 0 Å². The van der Waals surface area contributed by atoms with Gasteiger partial charge in [-0.05, 0) is 23.4 Å². The number of benzene rings is 1. The van der Waals surface area contributed by atoms with Gasteiger partial charge in [-0.25, -0.2) is 0 Å². The molecule has 0 bridgehead atoms. The van der Waals surface area contributed by atoms with Gasteiger partial charge >= 0.3 is 0 Å². The van der Waals surface area contributed by atoms with Crippen LogP contribution in [0.4, 0.5) is 0 Å². The van der Waals surface area contributed by atoms with Crippen molar-refractivity contribution in [1.29, 1.82) is 0 Å². The predicted molar refractivity (Wildman–Crippen MR) is 74.7 cm³/mol. The second-order valence-corrected chi connectivity index (χ2v) is 4.81. The van der Waals surface area contributed by atoms with Gasteiger partial charge in [-0.15, -0.1) is 11.3 Å². The van der Waals surface area contributed by atoms with Crippen molar-refractivity contribution in [1.82, 2.24) is 5.32 Å². The first-order chi connectivity index (χ1) is 9.18. The quantitative estimate of drug-likeness (QED) is 0.874. The Hall–Kier alpha value is -2.14. The van der Waals surface area contributed by atoms with E-state index < -0.39 is 5.91 Å². The van der Waals surface area contributed by atoms with E-state index in [1.165, 1.54) is 11.3 Å². The Morgan fingerprint density at radius 2 is 1.95 bits per heavy atom. The van der Waals surface area contributed by atoms with Crippen molar-refractivity contribution in [2.75, 3.05) is 0 Å². The zero-order valence-corrected chi connectivity index (χ0v) is 10.9. The van der Waals surface area contributed by atoms with Crippen molar-refractivity contribution in [3.63, 3.8) is 0 Å². The van der Waals surface area contributed by atoms with Crippen LogP contribution in [0.1, 0.15) is 25.6 Å². The number of primary amides is 1. The second kappa shape index (κ2) is 6.15. The Labute approximate surface area is 115 Å². The lowest BCUT2D eigenvalue weighted by Gasteiger charge is -2.04. The molecule has 0 saturated carbocycles. The fourth-order valence-electron chi connectivity index (χ4n) is 1.62. The Bertz CT molecular complexity index is 578. The molecule has 2 rings (SSSR count). The minimum absolute atomic E-state index is 0.260. The third-order valence-electron chi connectivity index (χ3n) is 2.55. The lowest BCUT2D eigenvalue weighted by atomic mass is 10.1. The van der Waals surface area contributed by atoms with Crippen molar-refractivity contribution >= 4 is 23.2 Å². The van der Waals surface area contributed by atoms with E-state index in [0.29, 0.717) is 11.3 Å². The fourth-order valence-corrected chi connectivity index (χ4v) is 2.42. The summed E-state index contributed by atoms with van der Waals surface area (Å²) in [5.41, 5.74) is 6.55. The largest absolute Gasteiger partial charge is 0.366 e. The van der Waals surface area contributed by atoms with Crippen LogP contribution < -0.4 is 11.1 Å². The van der Waals surface area contributed by atoms with Gasteiger partial charge in [-0.1, -0.05) is 30.3 Å². The first-order valence-corrected chi connectivity index (χ1v) is 6.60. The number of thiophene rings is 1. The van der Waals surface area contributed by atoms with Crippen molar-refractivity contribution in [2.24, 2.45) is 5.73 Å². The molecule has 4 nitrogen and oxygen atoms in total. The third kappa shape index (κ3) is 3.42. The van der Waals surface area contributed by atoms with Crippen molar-refractivity contribution in [3.05, 3.63) is 64.3 Å². The van der Waals surface area contributed by atoms with Gasteiger partial charge in [0.1, 0.15) is 4.88 Å². The molecule has 5 heteroatoms. The van der Waals surface area contributed by atoms with Crippen molar-refractivity contribution < 1.29 is 9.59 Å². The highest BCUT2D eigenvalue weighted by molar-refractivity contribution is 7.12. The zero-order valence-electron chi connectivity index (χ0n) is 10.1. The molecule has 0 fully saturated rings. The molecular weight excluding hydrogens is 260 g/mol. The van der Waals surface area contributed by atoms with Crippen LogP contribution in [0.25, 0.3) is 0 Å². The minimum Gasteiger partial charge on any atom is -0.366 e. The Morgan fingerprint density at radius 1 is 1.21 bits per heavy atom. The molecule has 19 heavy (non-hydrogen) atoms. The van der Waals surface area contributed by atoms with Crippen LogP contribution in [0.15, 0.2) is 41.8 Å². The molecule has 97 valence electrons. The predicted octanol–water partition coefficient (Wildman–Crippen LogP) is 1.98. The van der Waals surface area contributed by atoms with E-state index in [-0.39, 0.29) is 11.5 Å². The molecule has 0 spiro atoms. The molecule has 3 N–H and O–H groups in total. The molecule has 2 amide bonds. The topological polar surface area (TPSA) is 72.2 Å². The van der Waals surface area contributed by atoms with Gasteiger partial charge in [0, 0.05) is 0 Å². The average molecular weight is 273 g/mol. The van der Waals surface area contributed by atoms with Gasteiger partial charge in [-0.3, -0.25) is 9.59 Å². The molecule has 0 unspecified atom stereocenters. The number of amides is 2. The van der Waals surface area contributed by atoms with Crippen LogP contribution in [-0.4, -0.2) is 11.8 Å². The Kier molecular flexibility index (Phi) is 4.30. The second-order valence-electron chi connectivity index (χ2n) is 3.89. The van der Waals surface area contributed by atoms with Crippen molar-refractivity contribution in [2.45, 2.75) is 6.42 Å². The summed E-state index contributed by atoms with van der Waals surface area (Å²) in [5.74, 6) is -0.894. The third-order valence-corrected chi connectivity index (χ3v) is 3.46. The standard InChI is InChI=1S/C14H13N2O2S/c15-13(17)11-7-9-19-12(11)14(18)16-8-6-10-4-2-1-3-5-10/h1-5,7-9H,6H2,(H2,15,17)(H,16,18). The molecule has 1 aromatic heterocycles. The van der Waals surface area contributed by atoms with Gasteiger partial charge in [-0.2, -0.15) is 0 Å². The number of nitrogens with one attached hydrogen (secondary N) is 1. The maximum atomic E-state index is 11.9. The summed E-state index contributed by atoms with van der Waals surface area (Å²) < 4.78 is 0. The van der Waals surface area contributed by atoms with E-state index in [1.54, 1.807) is 18.0 Å². The summed E-state index contributed by atoms with van der Waals surface area (Å²) in [6.45, 7) is 1.67. The summed E-state index contributed by atoms with van der Waals surface area (Å²) in [6, 6.07) is 11.3. The lowest BCUT2D eigenvalue weighted by Crippen LogP contribution is -2.23. The highest BCUT2D eigenvalue weighted by Crippen LogP contribution is 2.16. The van der Waals surface area contributed by atoms with E-state index in [0.717, 1.165) is 5.56 Å². The Morgan fingerprint density at radius 3 is 2.63 bits per heavy atom. The van der Waals surface area contributed by atoms with Crippen LogP contribution in [0.3, 0.4) is 0 Å².